The van der Waals surface area contributed by atoms with E-state index in [-0.39, 0.29) is 16.4 Å². The lowest BCUT2D eigenvalue weighted by Gasteiger charge is -2.27. The third-order valence-corrected chi connectivity index (χ3v) is 5.55. The molecule has 0 saturated heterocycles. The fraction of sp³-hybridized carbons (Fsp3) is 0.267. The minimum Gasteiger partial charge on any atom is -0.422 e. The second-order valence-corrected chi connectivity index (χ2v) is 10.2. The first-order chi connectivity index (χ1) is 15.5. The van der Waals surface area contributed by atoms with E-state index in [0.29, 0.717) is 11.3 Å². The summed E-state index contributed by atoms with van der Waals surface area (Å²) in [6, 6.07) is 27.0. The predicted molar refractivity (Wildman–Crippen MR) is 134 cm³/mol. The molecule has 0 aromatic heterocycles. The highest BCUT2D eigenvalue weighted by Gasteiger charge is 2.26. The summed E-state index contributed by atoms with van der Waals surface area (Å²) in [5.41, 5.74) is 3.94. The second-order valence-electron chi connectivity index (χ2n) is 10.2. The van der Waals surface area contributed by atoms with Crippen LogP contribution in [0, 0.1) is 11.3 Å². The molecule has 0 fully saturated rings. The molecule has 3 aromatic rings. The SMILES string of the molecule is CC(C)(C)c1ccc(OC(=O)C(C#N)=C(c2ccccc2)c2ccccc2)c(C(C)(C)C)c1. The van der Waals surface area contributed by atoms with Crippen LogP contribution < -0.4 is 4.74 Å². The van der Waals surface area contributed by atoms with Crippen molar-refractivity contribution in [3.05, 3.63) is 107 Å². The van der Waals surface area contributed by atoms with E-state index in [0.717, 1.165) is 22.3 Å². The lowest BCUT2D eigenvalue weighted by molar-refractivity contribution is -0.129. The number of benzene rings is 3. The molecule has 0 spiro atoms. The normalized spacial score (nSPS) is 11.4. The molecule has 0 bridgehead atoms. The van der Waals surface area contributed by atoms with Crippen LogP contribution in [0.3, 0.4) is 0 Å². The topological polar surface area (TPSA) is 50.1 Å². The molecule has 33 heavy (non-hydrogen) atoms. The van der Waals surface area contributed by atoms with E-state index < -0.39 is 5.97 Å². The Labute approximate surface area is 197 Å². The molecule has 0 aliphatic carbocycles. The minimum absolute atomic E-state index is 0.0212. The maximum Gasteiger partial charge on any atom is 0.354 e. The van der Waals surface area contributed by atoms with E-state index in [1.165, 1.54) is 0 Å². The van der Waals surface area contributed by atoms with Gasteiger partial charge in [-0.1, -0.05) is 114 Å². The zero-order chi connectivity index (χ0) is 24.2. The number of nitriles is 1. The van der Waals surface area contributed by atoms with Crippen LogP contribution in [-0.2, 0) is 15.6 Å². The molecule has 0 radical (unpaired) electrons. The van der Waals surface area contributed by atoms with Gasteiger partial charge in [-0.3, -0.25) is 0 Å². The van der Waals surface area contributed by atoms with Gasteiger partial charge in [0.2, 0.25) is 0 Å². The molecule has 0 aliphatic rings. The van der Waals surface area contributed by atoms with E-state index in [1.807, 2.05) is 72.8 Å². The first-order valence-corrected chi connectivity index (χ1v) is 11.1. The summed E-state index contributed by atoms with van der Waals surface area (Å²) >= 11 is 0. The molecular weight excluding hydrogens is 406 g/mol. The average molecular weight is 438 g/mol. The van der Waals surface area contributed by atoms with Gasteiger partial charge >= 0.3 is 5.97 Å². The van der Waals surface area contributed by atoms with Gasteiger partial charge in [-0.2, -0.15) is 5.26 Å². The van der Waals surface area contributed by atoms with Gasteiger partial charge < -0.3 is 4.74 Å². The van der Waals surface area contributed by atoms with Gasteiger partial charge in [0.15, 0.2) is 0 Å². The van der Waals surface area contributed by atoms with Crippen molar-refractivity contribution in [3.8, 4) is 11.8 Å². The third kappa shape index (κ3) is 5.59. The molecule has 168 valence electrons. The van der Waals surface area contributed by atoms with Crippen molar-refractivity contribution in [1.29, 1.82) is 5.26 Å². The molecule has 3 aromatic carbocycles. The standard InChI is InChI=1S/C30H31NO2/c1-29(2,3)23-17-18-26(25(19-23)30(4,5)6)33-28(32)24(20-31)27(21-13-9-7-10-14-21)22-15-11-8-12-16-22/h7-19H,1-6H3. The predicted octanol–water partition coefficient (Wildman–Crippen LogP) is 7.21. The average Bonchev–Trinajstić information content (AvgIpc) is 2.77. The number of nitrogens with zero attached hydrogens (tertiary/aromatic N) is 1. The second kappa shape index (κ2) is 9.46. The molecule has 3 heteroatoms. The molecule has 0 amide bonds. The summed E-state index contributed by atoms with van der Waals surface area (Å²) in [7, 11) is 0. The molecule has 3 rings (SSSR count). The number of esters is 1. The number of carbonyl (C=O) groups excluding carboxylic acids is 1. The molecule has 0 unspecified atom stereocenters. The van der Waals surface area contributed by atoms with Crippen LogP contribution in [0.4, 0.5) is 0 Å². The fourth-order valence-corrected chi connectivity index (χ4v) is 3.69. The van der Waals surface area contributed by atoms with E-state index >= 15 is 0 Å². The minimum atomic E-state index is -0.658. The van der Waals surface area contributed by atoms with Gasteiger partial charge in [0.1, 0.15) is 17.4 Å². The van der Waals surface area contributed by atoms with Crippen LogP contribution in [0.2, 0.25) is 0 Å². The van der Waals surface area contributed by atoms with Crippen LogP contribution in [0.25, 0.3) is 5.57 Å². The smallest absolute Gasteiger partial charge is 0.354 e. The quantitative estimate of drug-likeness (QED) is 0.187. The molecular formula is C30H31NO2. The first kappa shape index (κ1) is 24.0. The van der Waals surface area contributed by atoms with Crippen molar-refractivity contribution < 1.29 is 9.53 Å². The highest BCUT2D eigenvalue weighted by Crippen LogP contribution is 2.36. The van der Waals surface area contributed by atoms with Crippen molar-refractivity contribution in [2.75, 3.05) is 0 Å². The molecule has 0 aliphatic heterocycles. The van der Waals surface area contributed by atoms with Crippen LogP contribution in [0.1, 0.15) is 63.8 Å². The summed E-state index contributed by atoms with van der Waals surface area (Å²) in [5, 5.41) is 10.0. The van der Waals surface area contributed by atoms with Crippen molar-refractivity contribution in [1.82, 2.24) is 0 Å². The number of rotatable bonds is 4. The molecule has 0 saturated carbocycles. The maximum absolute atomic E-state index is 13.4. The molecule has 3 nitrogen and oxygen atoms in total. The van der Waals surface area contributed by atoms with Crippen molar-refractivity contribution in [3.63, 3.8) is 0 Å². The Morgan fingerprint density at radius 3 is 1.70 bits per heavy atom. The summed E-state index contributed by atoms with van der Waals surface area (Å²) in [6.45, 7) is 12.7. The molecule has 0 atom stereocenters. The van der Waals surface area contributed by atoms with E-state index in [9.17, 15) is 10.1 Å². The lowest BCUT2D eigenvalue weighted by atomic mass is 9.80. The van der Waals surface area contributed by atoms with Gasteiger partial charge in [-0.05, 0) is 33.6 Å². The molecule has 0 heterocycles. The highest BCUT2D eigenvalue weighted by atomic mass is 16.5. The van der Waals surface area contributed by atoms with Crippen LogP contribution >= 0.6 is 0 Å². The maximum atomic E-state index is 13.4. The van der Waals surface area contributed by atoms with Gasteiger partial charge in [0, 0.05) is 11.1 Å². The van der Waals surface area contributed by atoms with Gasteiger partial charge in [0.05, 0.1) is 0 Å². The summed E-state index contributed by atoms with van der Waals surface area (Å²) in [6.07, 6.45) is 0. The van der Waals surface area contributed by atoms with E-state index in [4.69, 9.17) is 4.74 Å². The summed E-state index contributed by atoms with van der Waals surface area (Å²) in [4.78, 5) is 13.4. The lowest BCUT2D eigenvalue weighted by Crippen LogP contribution is -2.20. The Morgan fingerprint density at radius 2 is 1.27 bits per heavy atom. The Hall–Kier alpha value is -3.64. The third-order valence-electron chi connectivity index (χ3n) is 5.55. The number of ether oxygens (including phenoxy) is 1. The fourth-order valence-electron chi connectivity index (χ4n) is 3.69. The van der Waals surface area contributed by atoms with Gasteiger partial charge in [-0.25, -0.2) is 4.79 Å². The highest BCUT2D eigenvalue weighted by molar-refractivity contribution is 6.06. The summed E-state index contributed by atoms with van der Waals surface area (Å²) in [5.74, 6) is -0.178. The van der Waals surface area contributed by atoms with E-state index in [1.54, 1.807) is 0 Å². The largest absolute Gasteiger partial charge is 0.422 e. The van der Waals surface area contributed by atoms with Crippen molar-refractivity contribution in [2.24, 2.45) is 0 Å². The zero-order valence-corrected chi connectivity index (χ0v) is 20.3. The van der Waals surface area contributed by atoms with Crippen LogP contribution in [0.5, 0.6) is 5.75 Å². The van der Waals surface area contributed by atoms with Gasteiger partial charge in [-0.15, -0.1) is 0 Å². The number of hydrogen-bond acceptors (Lipinski definition) is 3. The van der Waals surface area contributed by atoms with Crippen LogP contribution in [0.15, 0.2) is 84.4 Å². The Morgan fingerprint density at radius 1 is 0.758 bits per heavy atom. The van der Waals surface area contributed by atoms with Crippen LogP contribution in [-0.4, -0.2) is 5.97 Å². The van der Waals surface area contributed by atoms with Gasteiger partial charge in [0.25, 0.3) is 0 Å². The number of hydrogen-bond donors (Lipinski definition) is 0. The van der Waals surface area contributed by atoms with Crippen molar-refractivity contribution in [2.45, 2.75) is 52.4 Å². The monoisotopic (exact) mass is 437 g/mol. The number of carbonyl (C=O) groups is 1. The van der Waals surface area contributed by atoms with Crippen molar-refractivity contribution >= 4 is 11.5 Å². The zero-order valence-electron chi connectivity index (χ0n) is 20.3. The Kier molecular flexibility index (Phi) is 6.89. The molecule has 0 N–H and O–H groups in total. The summed E-state index contributed by atoms with van der Waals surface area (Å²) < 4.78 is 5.90. The van der Waals surface area contributed by atoms with E-state index in [2.05, 4.69) is 53.7 Å². The Bertz CT molecular complexity index is 1160. The first-order valence-electron chi connectivity index (χ1n) is 11.1. The Balaban J connectivity index is 2.13.